The topological polar surface area (TPSA) is 36.7 Å². The van der Waals surface area contributed by atoms with Gasteiger partial charge < -0.3 is 14.2 Å². The molecule has 0 N–H and O–H groups in total. The Hall–Kier alpha value is -3.01. The standard InChI is InChI=1S/C21H20N2O2/c1-22(16-8-3-2-4-9-16)18-13-14-23(19-11-6-5-10-17(18)19)21(24)20-12-7-15-25-20/h2-12,15,18H,13-14H2,1H3. The normalized spacial score (nSPS) is 16.4. The number of rotatable bonds is 3. The summed E-state index contributed by atoms with van der Waals surface area (Å²) in [6.07, 6.45) is 2.41. The van der Waals surface area contributed by atoms with E-state index < -0.39 is 0 Å². The molecule has 0 radical (unpaired) electrons. The molecule has 25 heavy (non-hydrogen) atoms. The minimum atomic E-state index is -0.0849. The van der Waals surface area contributed by atoms with Crippen LogP contribution in [-0.4, -0.2) is 19.5 Å². The van der Waals surface area contributed by atoms with Gasteiger partial charge in [0, 0.05) is 25.0 Å². The molecule has 0 saturated heterocycles. The molecule has 1 aliphatic heterocycles. The summed E-state index contributed by atoms with van der Waals surface area (Å²) in [6, 6.07) is 22.2. The van der Waals surface area contributed by atoms with Crippen molar-refractivity contribution in [2.24, 2.45) is 0 Å². The summed E-state index contributed by atoms with van der Waals surface area (Å²) in [5, 5.41) is 0. The number of anilines is 2. The van der Waals surface area contributed by atoms with Crippen molar-refractivity contribution in [1.82, 2.24) is 0 Å². The molecular formula is C21H20N2O2. The van der Waals surface area contributed by atoms with Gasteiger partial charge in [-0.15, -0.1) is 0 Å². The Kier molecular flexibility index (Phi) is 4.02. The Morgan fingerprint density at radius 2 is 1.80 bits per heavy atom. The molecule has 1 atom stereocenters. The molecule has 2 aromatic carbocycles. The zero-order valence-electron chi connectivity index (χ0n) is 14.1. The molecule has 1 aromatic heterocycles. The fraction of sp³-hybridized carbons (Fsp3) is 0.190. The minimum Gasteiger partial charge on any atom is -0.459 e. The van der Waals surface area contributed by atoms with Gasteiger partial charge in [0.1, 0.15) is 0 Å². The van der Waals surface area contributed by atoms with Gasteiger partial charge in [-0.2, -0.15) is 0 Å². The number of benzene rings is 2. The van der Waals surface area contributed by atoms with E-state index in [0.29, 0.717) is 12.3 Å². The van der Waals surface area contributed by atoms with Crippen LogP contribution in [0, 0.1) is 0 Å². The van der Waals surface area contributed by atoms with E-state index >= 15 is 0 Å². The van der Waals surface area contributed by atoms with Gasteiger partial charge >= 0.3 is 0 Å². The molecule has 2 heterocycles. The smallest absolute Gasteiger partial charge is 0.293 e. The molecule has 126 valence electrons. The van der Waals surface area contributed by atoms with Crippen LogP contribution >= 0.6 is 0 Å². The number of carbonyl (C=O) groups excluding carboxylic acids is 1. The Labute approximate surface area is 147 Å². The number of carbonyl (C=O) groups is 1. The van der Waals surface area contributed by atoms with E-state index in [0.717, 1.165) is 12.1 Å². The molecule has 4 heteroatoms. The van der Waals surface area contributed by atoms with E-state index in [2.05, 4.69) is 30.1 Å². The van der Waals surface area contributed by atoms with Crippen LogP contribution in [0.2, 0.25) is 0 Å². The molecule has 0 saturated carbocycles. The third kappa shape index (κ3) is 2.80. The third-order valence-corrected chi connectivity index (χ3v) is 4.82. The van der Waals surface area contributed by atoms with Crippen molar-refractivity contribution in [3.05, 3.63) is 84.3 Å². The van der Waals surface area contributed by atoms with Crippen LogP contribution in [0.5, 0.6) is 0 Å². The monoisotopic (exact) mass is 332 g/mol. The SMILES string of the molecule is CN(c1ccccc1)C1CCN(C(=O)c2ccco2)c2ccccc21. The number of fused-ring (bicyclic) bond motifs is 1. The van der Waals surface area contributed by atoms with Crippen molar-refractivity contribution in [2.45, 2.75) is 12.5 Å². The van der Waals surface area contributed by atoms with E-state index in [4.69, 9.17) is 4.42 Å². The van der Waals surface area contributed by atoms with Crippen molar-refractivity contribution in [3.8, 4) is 0 Å². The van der Waals surface area contributed by atoms with Crippen LogP contribution in [0.4, 0.5) is 11.4 Å². The number of amides is 1. The second-order valence-corrected chi connectivity index (χ2v) is 6.24. The van der Waals surface area contributed by atoms with E-state index in [-0.39, 0.29) is 11.9 Å². The van der Waals surface area contributed by atoms with Gasteiger partial charge in [0.15, 0.2) is 5.76 Å². The van der Waals surface area contributed by atoms with E-state index in [1.807, 2.05) is 41.3 Å². The molecule has 0 spiro atoms. The highest BCUT2D eigenvalue weighted by Crippen LogP contribution is 2.39. The fourth-order valence-electron chi connectivity index (χ4n) is 3.53. The number of furan rings is 1. The third-order valence-electron chi connectivity index (χ3n) is 4.82. The van der Waals surface area contributed by atoms with Crippen molar-refractivity contribution in [3.63, 3.8) is 0 Å². The van der Waals surface area contributed by atoms with Gasteiger partial charge in [0.05, 0.1) is 12.3 Å². The second kappa shape index (κ2) is 6.48. The molecule has 4 rings (SSSR count). The van der Waals surface area contributed by atoms with Crippen LogP contribution in [0.25, 0.3) is 0 Å². The highest BCUT2D eigenvalue weighted by atomic mass is 16.3. The average Bonchev–Trinajstić information content (AvgIpc) is 3.21. The largest absolute Gasteiger partial charge is 0.459 e. The zero-order chi connectivity index (χ0) is 17.2. The van der Waals surface area contributed by atoms with Crippen LogP contribution in [0.15, 0.2) is 77.4 Å². The summed E-state index contributed by atoms with van der Waals surface area (Å²) in [7, 11) is 2.11. The van der Waals surface area contributed by atoms with Crippen molar-refractivity contribution < 1.29 is 9.21 Å². The van der Waals surface area contributed by atoms with E-state index in [1.165, 1.54) is 17.5 Å². The summed E-state index contributed by atoms with van der Waals surface area (Å²) in [5.74, 6) is 0.294. The van der Waals surface area contributed by atoms with Crippen LogP contribution in [-0.2, 0) is 0 Å². The first-order valence-corrected chi connectivity index (χ1v) is 8.48. The lowest BCUT2D eigenvalue weighted by molar-refractivity contribution is 0.0957. The highest BCUT2D eigenvalue weighted by molar-refractivity contribution is 6.05. The van der Waals surface area contributed by atoms with Crippen molar-refractivity contribution >= 4 is 17.3 Å². The molecule has 0 aliphatic carbocycles. The Morgan fingerprint density at radius 1 is 1.04 bits per heavy atom. The van der Waals surface area contributed by atoms with Gasteiger partial charge in [-0.3, -0.25) is 4.79 Å². The number of para-hydroxylation sites is 2. The summed E-state index contributed by atoms with van der Waals surface area (Å²) in [6.45, 7) is 0.665. The molecule has 3 aromatic rings. The lowest BCUT2D eigenvalue weighted by atomic mass is 9.94. The zero-order valence-corrected chi connectivity index (χ0v) is 14.1. The first kappa shape index (κ1) is 15.5. The maximum absolute atomic E-state index is 12.8. The van der Waals surface area contributed by atoms with Crippen LogP contribution in [0.3, 0.4) is 0 Å². The minimum absolute atomic E-state index is 0.0849. The molecule has 1 amide bonds. The maximum Gasteiger partial charge on any atom is 0.293 e. The molecule has 1 unspecified atom stereocenters. The predicted molar refractivity (Wildman–Crippen MR) is 99.0 cm³/mol. The average molecular weight is 332 g/mol. The quantitative estimate of drug-likeness (QED) is 0.708. The lowest BCUT2D eigenvalue weighted by Gasteiger charge is -2.39. The van der Waals surface area contributed by atoms with E-state index in [1.54, 1.807) is 12.1 Å². The van der Waals surface area contributed by atoms with Crippen molar-refractivity contribution in [2.75, 3.05) is 23.4 Å². The van der Waals surface area contributed by atoms with Gasteiger partial charge in [-0.1, -0.05) is 36.4 Å². The maximum atomic E-state index is 12.8. The first-order valence-electron chi connectivity index (χ1n) is 8.48. The van der Waals surface area contributed by atoms with Gasteiger partial charge in [0.2, 0.25) is 0 Å². The van der Waals surface area contributed by atoms with E-state index in [9.17, 15) is 4.79 Å². The van der Waals surface area contributed by atoms with Gasteiger partial charge in [0.25, 0.3) is 5.91 Å². The number of nitrogens with zero attached hydrogens (tertiary/aromatic N) is 2. The number of hydrogen-bond donors (Lipinski definition) is 0. The highest BCUT2D eigenvalue weighted by Gasteiger charge is 2.32. The molecule has 0 fully saturated rings. The van der Waals surface area contributed by atoms with Crippen LogP contribution < -0.4 is 9.80 Å². The molecule has 4 nitrogen and oxygen atoms in total. The van der Waals surface area contributed by atoms with Crippen molar-refractivity contribution in [1.29, 1.82) is 0 Å². The van der Waals surface area contributed by atoms with Gasteiger partial charge in [-0.05, 0) is 42.3 Å². The van der Waals surface area contributed by atoms with Crippen LogP contribution in [0.1, 0.15) is 28.6 Å². The predicted octanol–water partition coefficient (Wildman–Crippen LogP) is 4.51. The first-order chi connectivity index (χ1) is 12.3. The molecular weight excluding hydrogens is 312 g/mol. The molecule has 0 bridgehead atoms. The summed E-state index contributed by atoms with van der Waals surface area (Å²) >= 11 is 0. The summed E-state index contributed by atoms with van der Waals surface area (Å²) < 4.78 is 5.31. The number of hydrogen-bond acceptors (Lipinski definition) is 3. The fourth-order valence-corrected chi connectivity index (χ4v) is 3.53. The Morgan fingerprint density at radius 3 is 2.56 bits per heavy atom. The Bertz CT molecular complexity index is 859. The molecule has 1 aliphatic rings. The second-order valence-electron chi connectivity index (χ2n) is 6.24. The summed E-state index contributed by atoms with van der Waals surface area (Å²) in [5.41, 5.74) is 3.30. The lowest BCUT2D eigenvalue weighted by Crippen LogP contribution is -2.40. The summed E-state index contributed by atoms with van der Waals surface area (Å²) in [4.78, 5) is 16.9. The Balaban J connectivity index is 1.69. The van der Waals surface area contributed by atoms with Gasteiger partial charge in [-0.25, -0.2) is 0 Å².